The Hall–Kier alpha value is -0.610. The molecule has 1 atom stereocenters. The highest BCUT2D eigenvalue weighted by molar-refractivity contribution is 5.67. The van der Waals surface area contributed by atoms with Gasteiger partial charge in [-0.05, 0) is 31.6 Å². The van der Waals surface area contributed by atoms with Crippen LogP contribution in [-0.2, 0) is 4.79 Å². The van der Waals surface area contributed by atoms with Crippen LogP contribution in [0.15, 0.2) is 0 Å². The number of rotatable bonds is 4. The molecule has 0 radical (unpaired) electrons. The minimum absolute atomic E-state index is 0.175. The van der Waals surface area contributed by atoms with Crippen LogP contribution >= 0.6 is 0 Å². The van der Waals surface area contributed by atoms with Crippen molar-refractivity contribution in [3.8, 4) is 0 Å². The molecular weight excluding hydrogens is 194 g/mol. The summed E-state index contributed by atoms with van der Waals surface area (Å²) < 4.78 is 0. The summed E-state index contributed by atoms with van der Waals surface area (Å²) in [5.41, 5.74) is 0. The number of aliphatic hydroxyl groups is 1. The lowest BCUT2D eigenvalue weighted by Gasteiger charge is -2.35. The van der Waals surface area contributed by atoms with E-state index in [4.69, 9.17) is 5.11 Å². The number of nitrogens with zero attached hydrogens (tertiary/aromatic N) is 1. The van der Waals surface area contributed by atoms with E-state index in [1.54, 1.807) is 0 Å². The van der Waals surface area contributed by atoms with Gasteiger partial charge < -0.3 is 10.2 Å². The van der Waals surface area contributed by atoms with Gasteiger partial charge in [-0.2, -0.15) is 0 Å². The summed E-state index contributed by atoms with van der Waals surface area (Å²) in [6.07, 6.45) is 4.03. The molecule has 86 valence electrons. The Morgan fingerprint density at radius 2 is 1.87 bits per heavy atom. The van der Waals surface area contributed by atoms with E-state index < -0.39 is 5.97 Å². The molecule has 2 rings (SSSR count). The first-order chi connectivity index (χ1) is 7.16. The maximum absolute atomic E-state index is 10.8. The smallest absolute Gasteiger partial charge is 0.304 e. The van der Waals surface area contributed by atoms with Gasteiger partial charge in [0.25, 0.3) is 0 Å². The zero-order chi connectivity index (χ0) is 10.8. The Morgan fingerprint density at radius 3 is 2.33 bits per heavy atom. The van der Waals surface area contributed by atoms with Crippen molar-refractivity contribution in [3.05, 3.63) is 0 Å². The molecule has 4 heteroatoms. The van der Waals surface area contributed by atoms with Crippen LogP contribution in [0.25, 0.3) is 0 Å². The Balaban J connectivity index is 1.89. The summed E-state index contributed by atoms with van der Waals surface area (Å²) in [4.78, 5) is 13.0. The number of piperidine rings is 1. The number of carbonyl (C=O) groups is 1. The average Bonchev–Trinajstić information content (AvgIpc) is 2.99. The standard InChI is InChI=1S/C11H19NO3/c13-9-3-5-12(6-4-9)10(7-11(14)15)8-1-2-8/h8-10,13H,1-7H2,(H,14,15). The van der Waals surface area contributed by atoms with Gasteiger partial charge in [-0.25, -0.2) is 0 Å². The zero-order valence-corrected chi connectivity index (χ0v) is 8.93. The van der Waals surface area contributed by atoms with Crippen molar-refractivity contribution >= 4 is 5.97 Å². The summed E-state index contributed by atoms with van der Waals surface area (Å²) in [6, 6.07) is 0.218. The average molecular weight is 213 g/mol. The van der Waals surface area contributed by atoms with Crippen molar-refractivity contribution in [2.24, 2.45) is 5.92 Å². The van der Waals surface area contributed by atoms with E-state index >= 15 is 0 Å². The van der Waals surface area contributed by atoms with Gasteiger partial charge in [-0.1, -0.05) is 0 Å². The fourth-order valence-electron chi connectivity index (χ4n) is 2.47. The molecule has 2 fully saturated rings. The minimum atomic E-state index is -0.696. The van der Waals surface area contributed by atoms with Crippen molar-refractivity contribution in [2.75, 3.05) is 13.1 Å². The highest BCUT2D eigenvalue weighted by atomic mass is 16.4. The molecule has 0 spiro atoms. The molecule has 15 heavy (non-hydrogen) atoms. The summed E-state index contributed by atoms with van der Waals surface area (Å²) in [5, 5.41) is 18.3. The van der Waals surface area contributed by atoms with E-state index in [2.05, 4.69) is 4.90 Å². The molecule has 2 aliphatic rings. The Bertz CT molecular complexity index is 232. The second-order valence-electron chi connectivity index (χ2n) is 4.77. The molecule has 0 aromatic carbocycles. The van der Waals surface area contributed by atoms with Crippen molar-refractivity contribution in [1.82, 2.24) is 4.90 Å². The molecule has 1 aliphatic carbocycles. The Morgan fingerprint density at radius 1 is 1.27 bits per heavy atom. The molecule has 0 amide bonds. The fraction of sp³-hybridized carbons (Fsp3) is 0.909. The van der Waals surface area contributed by atoms with E-state index in [-0.39, 0.29) is 18.6 Å². The molecule has 1 heterocycles. The lowest BCUT2D eigenvalue weighted by atomic mass is 10.0. The summed E-state index contributed by atoms with van der Waals surface area (Å²) in [5.74, 6) is -0.102. The predicted octanol–water partition coefficient (Wildman–Crippen LogP) is 0.696. The van der Waals surface area contributed by atoms with Crippen LogP contribution in [0.4, 0.5) is 0 Å². The highest BCUT2D eigenvalue weighted by Crippen LogP contribution is 2.37. The van der Waals surface area contributed by atoms with E-state index in [9.17, 15) is 9.90 Å². The van der Waals surface area contributed by atoms with Crippen molar-refractivity contribution < 1.29 is 15.0 Å². The lowest BCUT2D eigenvalue weighted by molar-refractivity contribution is -0.138. The molecule has 0 aromatic rings. The molecule has 4 nitrogen and oxygen atoms in total. The van der Waals surface area contributed by atoms with Gasteiger partial charge in [0.15, 0.2) is 0 Å². The molecule has 1 saturated heterocycles. The van der Waals surface area contributed by atoms with Crippen LogP contribution in [0, 0.1) is 5.92 Å². The monoisotopic (exact) mass is 213 g/mol. The van der Waals surface area contributed by atoms with Gasteiger partial charge in [-0.3, -0.25) is 9.69 Å². The van der Waals surface area contributed by atoms with Crippen LogP contribution in [0.5, 0.6) is 0 Å². The Kier molecular flexibility index (Phi) is 3.26. The fourth-order valence-corrected chi connectivity index (χ4v) is 2.47. The van der Waals surface area contributed by atoms with Gasteiger partial charge in [-0.15, -0.1) is 0 Å². The number of hydrogen-bond acceptors (Lipinski definition) is 3. The number of likely N-dealkylation sites (tertiary alicyclic amines) is 1. The third kappa shape index (κ3) is 2.92. The maximum atomic E-state index is 10.8. The second-order valence-corrected chi connectivity index (χ2v) is 4.77. The van der Waals surface area contributed by atoms with Crippen LogP contribution in [-0.4, -0.2) is 46.3 Å². The maximum Gasteiger partial charge on any atom is 0.304 e. The minimum Gasteiger partial charge on any atom is -0.481 e. The van der Waals surface area contributed by atoms with E-state index in [0.717, 1.165) is 25.9 Å². The molecule has 2 N–H and O–H groups in total. The quantitative estimate of drug-likeness (QED) is 0.721. The lowest BCUT2D eigenvalue weighted by Crippen LogP contribution is -2.44. The summed E-state index contributed by atoms with van der Waals surface area (Å²) >= 11 is 0. The zero-order valence-electron chi connectivity index (χ0n) is 8.93. The van der Waals surface area contributed by atoms with Crippen LogP contribution in [0.2, 0.25) is 0 Å². The summed E-state index contributed by atoms with van der Waals surface area (Å²) in [7, 11) is 0. The summed E-state index contributed by atoms with van der Waals surface area (Å²) in [6.45, 7) is 1.71. The van der Waals surface area contributed by atoms with Crippen LogP contribution in [0.3, 0.4) is 0 Å². The van der Waals surface area contributed by atoms with Crippen molar-refractivity contribution in [1.29, 1.82) is 0 Å². The van der Waals surface area contributed by atoms with E-state index in [1.165, 1.54) is 12.8 Å². The molecular formula is C11H19NO3. The second kappa shape index (κ2) is 4.49. The molecule has 0 aromatic heterocycles. The molecule has 1 saturated carbocycles. The first kappa shape index (κ1) is 10.9. The first-order valence-corrected chi connectivity index (χ1v) is 5.80. The number of aliphatic carboxylic acids is 1. The largest absolute Gasteiger partial charge is 0.481 e. The first-order valence-electron chi connectivity index (χ1n) is 5.80. The predicted molar refractivity (Wildman–Crippen MR) is 55.6 cm³/mol. The van der Waals surface area contributed by atoms with Crippen molar-refractivity contribution in [3.63, 3.8) is 0 Å². The highest BCUT2D eigenvalue weighted by Gasteiger charge is 2.37. The number of aliphatic hydroxyl groups excluding tert-OH is 1. The molecule has 0 bridgehead atoms. The number of carboxylic acids is 1. The van der Waals surface area contributed by atoms with Crippen molar-refractivity contribution in [2.45, 2.75) is 44.2 Å². The van der Waals surface area contributed by atoms with E-state index in [1.807, 2.05) is 0 Å². The normalized spacial score (nSPS) is 26.5. The topological polar surface area (TPSA) is 60.8 Å². The van der Waals surface area contributed by atoms with Gasteiger partial charge in [0.1, 0.15) is 0 Å². The number of hydrogen-bond donors (Lipinski definition) is 2. The van der Waals surface area contributed by atoms with Gasteiger partial charge in [0, 0.05) is 19.1 Å². The number of carboxylic acid groups (broad SMARTS) is 1. The van der Waals surface area contributed by atoms with E-state index in [0.29, 0.717) is 5.92 Å². The molecule has 1 unspecified atom stereocenters. The third-order valence-corrected chi connectivity index (χ3v) is 3.52. The van der Waals surface area contributed by atoms with Crippen LogP contribution in [0.1, 0.15) is 32.1 Å². The third-order valence-electron chi connectivity index (χ3n) is 3.52. The SMILES string of the molecule is O=C(O)CC(C1CC1)N1CCC(O)CC1. The van der Waals surface area contributed by atoms with Gasteiger partial charge in [0.2, 0.25) is 0 Å². The molecule has 1 aliphatic heterocycles. The van der Waals surface area contributed by atoms with Gasteiger partial charge in [0.05, 0.1) is 12.5 Å². The van der Waals surface area contributed by atoms with Gasteiger partial charge >= 0.3 is 5.97 Å². The Labute approximate surface area is 89.9 Å². The van der Waals surface area contributed by atoms with Crippen LogP contribution < -0.4 is 0 Å².